The molecule has 1 fully saturated rings. The summed E-state index contributed by atoms with van der Waals surface area (Å²) in [4.78, 5) is 0. The van der Waals surface area contributed by atoms with Crippen molar-refractivity contribution in [2.24, 2.45) is 5.92 Å². The van der Waals surface area contributed by atoms with Gasteiger partial charge in [0.2, 0.25) is 0 Å². The average molecular weight is 287 g/mol. The molecular formula is C19H29NO. The maximum Gasteiger partial charge on any atom is 0.119 e. The standard InChI is InChI=1S/C19H29NO/c1-2-20-19(16-8-4-5-9-16)14-21-18-12-11-15-7-3-6-10-17(15)13-18/h11-13,16,19-20H,2-10,14H2,1H3. The Hall–Kier alpha value is -1.02. The second-order valence-electron chi connectivity index (χ2n) is 6.66. The fourth-order valence-corrected chi connectivity index (χ4v) is 3.97. The number of nitrogens with one attached hydrogen (secondary N) is 1. The Morgan fingerprint density at radius 1 is 1.10 bits per heavy atom. The lowest BCUT2D eigenvalue weighted by molar-refractivity contribution is 0.219. The maximum atomic E-state index is 6.14. The molecule has 2 heteroatoms. The van der Waals surface area contributed by atoms with Crippen LogP contribution >= 0.6 is 0 Å². The zero-order valence-corrected chi connectivity index (χ0v) is 13.4. The molecule has 0 amide bonds. The molecule has 3 rings (SSSR count). The van der Waals surface area contributed by atoms with E-state index in [-0.39, 0.29) is 0 Å². The Bertz CT molecular complexity index is 451. The first-order valence-electron chi connectivity index (χ1n) is 8.85. The van der Waals surface area contributed by atoms with E-state index in [0.29, 0.717) is 6.04 Å². The molecule has 0 aromatic heterocycles. The van der Waals surface area contributed by atoms with Crippen LogP contribution in [0.3, 0.4) is 0 Å². The molecule has 1 aromatic carbocycles. The topological polar surface area (TPSA) is 21.3 Å². The normalized spacial score (nSPS) is 20.2. The Labute approximate surface area is 129 Å². The van der Waals surface area contributed by atoms with Crippen LogP contribution in [0.15, 0.2) is 18.2 Å². The second kappa shape index (κ2) is 7.31. The molecule has 1 aromatic rings. The zero-order chi connectivity index (χ0) is 14.5. The van der Waals surface area contributed by atoms with Gasteiger partial charge in [0.1, 0.15) is 12.4 Å². The fourth-order valence-electron chi connectivity index (χ4n) is 3.97. The van der Waals surface area contributed by atoms with Crippen molar-refractivity contribution in [1.82, 2.24) is 5.32 Å². The third-order valence-corrected chi connectivity index (χ3v) is 5.18. The van der Waals surface area contributed by atoms with Gasteiger partial charge in [0.25, 0.3) is 0 Å². The second-order valence-corrected chi connectivity index (χ2v) is 6.66. The van der Waals surface area contributed by atoms with Gasteiger partial charge in [-0.05, 0) is 74.2 Å². The molecule has 0 aliphatic heterocycles. The minimum absolute atomic E-state index is 0.522. The monoisotopic (exact) mass is 287 g/mol. The summed E-state index contributed by atoms with van der Waals surface area (Å²) in [6.07, 6.45) is 10.7. The molecule has 2 nitrogen and oxygen atoms in total. The van der Waals surface area contributed by atoms with Gasteiger partial charge in [0.15, 0.2) is 0 Å². The van der Waals surface area contributed by atoms with E-state index in [2.05, 4.69) is 30.4 Å². The van der Waals surface area contributed by atoms with E-state index in [9.17, 15) is 0 Å². The van der Waals surface area contributed by atoms with E-state index in [1.54, 1.807) is 0 Å². The molecule has 2 aliphatic carbocycles. The van der Waals surface area contributed by atoms with Gasteiger partial charge in [-0.15, -0.1) is 0 Å². The van der Waals surface area contributed by atoms with Crippen molar-refractivity contribution in [1.29, 1.82) is 0 Å². The Morgan fingerprint density at radius 2 is 1.86 bits per heavy atom. The van der Waals surface area contributed by atoms with Crippen LogP contribution in [0.4, 0.5) is 0 Å². The summed E-state index contributed by atoms with van der Waals surface area (Å²) in [5, 5.41) is 3.63. The number of fused-ring (bicyclic) bond motifs is 1. The van der Waals surface area contributed by atoms with E-state index in [1.807, 2.05) is 0 Å². The number of rotatable bonds is 6. The summed E-state index contributed by atoms with van der Waals surface area (Å²) in [5.74, 6) is 1.87. The number of hydrogen-bond donors (Lipinski definition) is 1. The van der Waals surface area contributed by atoms with Crippen LogP contribution in [0, 0.1) is 5.92 Å². The fraction of sp³-hybridized carbons (Fsp3) is 0.684. The van der Waals surface area contributed by atoms with Crippen LogP contribution in [0.1, 0.15) is 56.6 Å². The molecule has 116 valence electrons. The van der Waals surface area contributed by atoms with Crippen LogP contribution in [-0.2, 0) is 12.8 Å². The molecule has 1 atom stereocenters. The minimum Gasteiger partial charge on any atom is -0.492 e. The van der Waals surface area contributed by atoms with E-state index in [4.69, 9.17) is 4.74 Å². The van der Waals surface area contributed by atoms with Gasteiger partial charge >= 0.3 is 0 Å². The van der Waals surface area contributed by atoms with Crippen LogP contribution in [-0.4, -0.2) is 19.2 Å². The van der Waals surface area contributed by atoms with Gasteiger partial charge < -0.3 is 10.1 Å². The van der Waals surface area contributed by atoms with Crippen LogP contribution in [0.25, 0.3) is 0 Å². The van der Waals surface area contributed by atoms with Crippen LogP contribution < -0.4 is 10.1 Å². The molecule has 1 unspecified atom stereocenters. The number of aryl methyl sites for hydroxylation is 2. The molecule has 1 saturated carbocycles. The van der Waals surface area contributed by atoms with Gasteiger partial charge in [-0.25, -0.2) is 0 Å². The number of hydrogen-bond acceptors (Lipinski definition) is 2. The molecule has 0 saturated heterocycles. The highest BCUT2D eigenvalue weighted by Gasteiger charge is 2.24. The lowest BCUT2D eigenvalue weighted by Crippen LogP contribution is -2.40. The van der Waals surface area contributed by atoms with Gasteiger partial charge in [-0.2, -0.15) is 0 Å². The van der Waals surface area contributed by atoms with Crippen molar-refractivity contribution in [3.05, 3.63) is 29.3 Å². The Kier molecular flexibility index (Phi) is 5.18. The average Bonchev–Trinajstić information content (AvgIpc) is 3.05. The quantitative estimate of drug-likeness (QED) is 0.850. The molecule has 2 aliphatic rings. The first kappa shape index (κ1) is 14.9. The third-order valence-electron chi connectivity index (χ3n) is 5.18. The van der Waals surface area contributed by atoms with Gasteiger partial charge in [0.05, 0.1) is 0 Å². The SMILES string of the molecule is CCNC(COc1ccc2c(c1)CCCC2)C1CCCC1. The molecule has 0 radical (unpaired) electrons. The lowest BCUT2D eigenvalue weighted by atomic mass is 9.92. The molecule has 0 spiro atoms. The molecule has 0 bridgehead atoms. The van der Waals surface area contributed by atoms with Gasteiger partial charge in [-0.1, -0.05) is 25.8 Å². The van der Waals surface area contributed by atoms with Crippen LogP contribution in [0.2, 0.25) is 0 Å². The summed E-state index contributed by atoms with van der Waals surface area (Å²) in [5.41, 5.74) is 3.05. The smallest absolute Gasteiger partial charge is 0.119 e. The predicted molar refractivity (Wildman–Crippen MR) is 88.0 cm³/mol. The van der Waals surface area contributed by atoms with Crippen molar-refractivity contribution in [2.75, 3.05) is 13.2 Å². The molecular weight excluding hydrogens is 258 g/mol. The van der Waals surface area contributed by atoms with Crippen LogP contribution in [0.5, 0.6) is 5.75 Å². The highest BCUT2D eigenvalue weighted by molar-refractivity contribution is 5.37. The van der Waals surface area contributed by atoms with Crippen molar-refractivity contribution < 1.29 is 4.74 Å². The van der Waals surface area contributed by atoms with Crippen molar-refractivity contribution in [3.63, 3.8) is 0 Å². The van der Waals surface area contributed by atoms with Crippen molar-refractivity contribution in [3.8, 4) is 5.75 Å². The molecule has 0 heterocycles. The predicted octanol–water partition coefficient (Wildman–Crippen LogP) is 4.11. The Balaban J connectivity index is 1.59. The van der Waals surface area contributed by atoms with Crippen molar-refractivity contribution >= 4 is 0 Å². The summed E-state index contributed by atoms with van der Waals surface area (Å²) < 4.78 is 6.14. The zero-order valence-electron chi connectivity index (χ0n) is 13.4. The number of likely N-dealkylation sites (N-methyl/N-ethyl adjacent to an activating group) is 1. The van der Waals surface area contributed by atoms with E-state index in [0.717, 1.165) is 24.8 Å². The number of benzene rings is 1. The molecule has 1 N–H and O–H groups in total. The lowest BCUT2D eigenvalue weighted by Gasteiger charge is -2.25. The summed E-state index contributed by atoms with van der Waals surface area (Å²) in [6, 6.07) is 7.25. The van der Waals surface area contributed by atoms with Gasteiger partial charge in [-0.3, -0.25) is 0 Å². The first-order chi connectivity index (χ1) is 10.4. The number of ether oxygens (including phenoxy) is 1. The summed E-state index contributed by atoms with van der Waals surface area (Å²) in [6.45, 7) is 4.05. The largest absolute Gasteiger partial charge is 0.492 e. The summed E-state index contributed by atoms with van der Waals surface area (Å²) in [7, 11) is 0. The van der Waals surface area contributed by atoms with Gasteiger partial charge in [0, 0.05) is 6.04 Å². The van der Waals surface area contributed by atoms with Crippen molar-refractivity contribution in [2.45, 2.75) is 64.3 Å². The maximum absolute atomic E-state index is 6.14. The highest BCUT2D eigenvalue weighted by atomic mass is 16.5. The molecule has 21 heavy (non-hydrogen) atoms. The van der Waals surface area contributed by atoms with E-state index in [1.165, 1.54) is 62.5 Å². The van der Waals surface area contributed by atoms with E-state index >= 15 is 0 Å². The minimum atomic E-state index is 0.522. The Morgan fingerprint density at radius 3 is 2.62 bits per heavy atom. The first-order valence-corrected chi connectivity index (χ1v) is 8.85. The summed E-state index contributed by atoms with van der Waals surface area (Å²) >= 11 is 0. The third kappa shape index (κ3) is 3.79. The highest BCUT2D eigenvalue weighted by Crippen LogP contribution is 2.29. The van der Waals surface area contributed by atoms with E-state index < -0.39 is 0 Å².